The molecule has 0 aliphatic heterocycles. The lowest BCUT2D eigenvalue weighted by atomic mass is 10.1. The van der Waals surface area contributed by atoms with E-state index >= 15 is 0 Å². The van der Waals surface area contributed by atoms with Gasteiger partial charge in [0.25, 0.3) is 5.91 Å². The van der Waals surface area contributed by atoms with Crippen molar-refractivity contribution in [2.75, 3.05) is 13.7 Å². The summed E-state index contributed by atoms with van der Waals surface area (Å²) in [5.41, 5.74) is 6.12. The fourth-order valence-electron chi connectivity index (χ4n) is 1.95. The summed E-state index contributed by atoms with van der Waals surface area (Å²) in [6, 6.07) is 7.11. The Morgan fingerprint density at radius 2 is 2.00 bits per heavy atom. The number of carbonyl (C=O) groups is 2. The average Bonchev–Trinajstić information content (AvgIpc) is 2.51. The normalized spacial score (nSPS) is 10.1. The van der Waals surface area contributed by atoms with Crippen LogP contribution in [0.4, 0.5) is 4.79 Å². The molecule has 7 nitrogen and oxygen atoms in total. The van der Waals surface area contributed by atoms with Crippen molar-refractivity contribution in [3.8, 4) is 5.75 Å². The lowest BCUT2D eigenvalue weighted by Crippen LogP contribution is -2.42. The van der Waals surface area contributed by atoms with Crippen LogP contribution in [-0.2, 0) is 4.74 Å². The number of hydrazine groups is 1. The highest BCUT2D eigenvalue weighted by molar-refractivity contribution is 5.99. The van der Waals surface area contributed by atoms with E-state index in [-0.39, 0.29) is 6.61 Å². The van der Waals surface area contributed by atoms with E-state index in [1.165, 1.54) is 0 Å². The van der Waals surface area contributed by atoms with Crippen LogP contribution in [0, 0.1) is 6.92 Å². The molecule has 1 aromatic heterocycles. The first-order valence-corrected chi connectivity index (χ1v) is 6.73. The maximum absolute atomic E-state index is 12.1. The molecule has 2 rings (SSSR count). The lowest BCUT2D eigenvalue weighted by molar-refractivity contribution is 0.0912. The molecule has 1 aromatic carbocycles. The SMILES string of the molecule is CCOC(=O)NNC(=O)c1cc2cc(OC)ccc2nc1C. The van der Waals surface area contributed by atoms with Gasteiger partial charge >= 0.3 is 6.09 Å². The van der Waals surface area contributed by atoms with Crippen molar-refractivity contribution in [3.63, 3.8) is 0 Å². The van der Waals surface area contributed by atoms with E-state index < -0.39 is 12.0 Å². The summed E-state index contributed by atoms with van der Waals surface area (Å²) in [5.74, 6) is 0.205. The van der Waals surface area contributed by atoms with Gasteiger partial charge in [-0.15, -0.1) is 0 Å². The number of amides is 2. The maximum Gasteiger partial charge on any atom is 0.426 e. The molecule has 0 aliphatic rings. The molecule has 116 valence electrons. The number of ether oxygens (including phenoxy) is 2. The number of rotatable bonds is 3. The Morgan fingerprint density at radius 3 is 2.68 bits per heavy atom. The standard InChI is InChI=1S/C15H17N3O4/c1-4-22-15(20)18-17-14(19)12-8-10-7-11(21-3)5-6-13(10)16-9(12)2/h5-8H,4H2,1-3H3,(H,17,19)(H,18,20). The number of nitrogens with one attached hydrogen (secondary N) is 2. The average molecular weight is 303 g/mol. The molecule has 7 heteroatoms. The molecule has 22 heavy (non-hydrogen) atoms. The van der Waals surface area contributed by atoms with Crippen LogP contribution < -0.4 is 15.6 Å². The number of hydrogen-bond donors (Lipinski definition) is 2. The van der Waals surface area contributed by atoms with Gasteiger partial charge in [-0.1, -0.05) is 0 Å². The Bertz CT molecular complexity index is 715. The second-order valence-electron chi connectivity index (χ2n) is 4.48. The highest BCUT2D eigenvalue weighted by atomic mass is 16.6. The molecule has 0 atom stereocenters. The van der Waals surface area contributed by atoms with E-state index in [0.717, 1.165) is 10.9 Å². The van der Waals surface area contributed by atoms with Crippen LogP contribution in [0.15, 0.2) is 24.3 Å². The molecule has 0 spiro atoms. The number of carbonyl (C=O) groups excluding carboxylic acids is 2. The first-order chi connectivity index (χ1) is 10.5. The van der Waals surface area contributed by atoms with E-state index in [4.69, 9.17) is 4.74 Å². The molecule has 1 heterocycles. The van der Waals surface area contributed by atoms with Crippen LogP contribution in [-0.4, -0.2) is 30.7 Å². The lowest BCUT2D eigenvalue weighted by Gasteiger charge is -2.10. The van der Waals surface area contributed by atoms with Crippen molar-refractivity contribution in [1.29, 1.82) is 0 Å². The van der Waals surface area contributed by atoms with Gasteiger partial charge in [0.15, 0.2) is 0 Å². The molecular weight excluding hydrogens is 286 g/mol. The highest BCUT2D eigenvalue weighted by Crippen LogP contribution is 2.21. The summed E-state index contributed by atoms with van der Waals surface area (Å²) in [6.07, 6.45) is -0.719. The van der Waals surface area contributed by atoms with Crippen molar-refractivity contribution in [2.24, 2.45) is 0 Å². The molecule has 0 fully saturated rings. The maximum atomic E-state index is 12.1. The number of benzene rings is 1. The van der Waals surface area contributed by atoms with Crippen molar-refractivity contribution >= 4 is 22.9 Å². The number of methoxy groups -OCH3 is 1. The van der Waals surface area contributed by atoms with Crippen LogP contribution in [0.25, 0.3) is 10.9 Å². The van der Waals surface area contributed by atoms with Crippen LogP contribution in [0.2, 0.25) is 0 Å². The zero-order valence-electron chi connectivity index (χ0n) is 12.6. The first kappa shape index (κ1) is 15.6. The molecule has 0 radical (unpaired) electrons. The van der Waals surface area contributed by atoms with E-state index in [1.54, 1.807) is 39.2 Å². The van der Waals surface area contributed by atoms with Crippen LogP contribution in [0.5, 0.6) is 5.75 Å². The minimum absolute atomic E-state index is 0.220. The molecule has 0 unspecified atom stereocenters. The number of pyridine rings is 1. The zero-order chi connectivity index (χ0) is 16.1. The molecule has 0 bridgehead atoms. The van der Waals surface area contributed by atoms with E-state index in [0.29, 0.717) is 17.0 Å². The van der Waals surface area contributed by atoms with Crippen molar-refractivity contribution < 1.29 is 19.1 Å². The molecule has 0 saturated heterocycles. The summed E-state index contributed by atoms with van der Waals surface area (Å²) in [4.78, 5) is 27.7. The largest absolute Gasteiger partial charge is 0.497 e. The third-order valence-electron chi connectivity index (χ3n) is 3.01. The second kappa shape index (κ2) is 6.75. The fraction of sp³-hybridized carbons (Fsp3) is 0.267. The Labute approximate surface area is 127 Å². The number of aromatic nitrogens is 1. The predicted molar refractivity (Wildman–Crippen MR) is 80.7 cm³/mol. The molecule has 2 aromatic rings. The van der Waals surface area contributed by atoms with E-state index in [9.17, 15) is 9.59 Å². The van der Waals surface area contributed by atoms with Gasteiger partial charge in [-0.25, -0.2) is 10.2 Å². The molecule has 0 aliphatic carbocycles. The Kier molecular flexibility index (Phi) is 4.77. The minimum atomic E-state index is -0.719. The summed E-state index contributed by atoms with van der Waals surface area (Å²) >= 11 is 0. The molecule has 2 amide bonds. The molecule has 0 saturated carbocycles. The van der Waals surface area contributed by atoms with Gasteiger partial charge in [-0.3, -0.25) is 15.2 Å². The third kappa shape index (κ3) is 3.43. The Balaban J connectivity index is 2.24. The van der Waals surface area contributed by atoms with Crippen LogP contribution in [0.1, 0.15) is 23.0 Å². The van der Waals surface area contributed by atoms with E-state index in [2.05, 4.69) is 20.6 Å². The van der Waals surface area contributed by atoms with Crippen LogP contribution >= 0.6 is 0 Å². The van der Waals surface area contributed by atoms with Crippen molar-refractivity contribution in [1.82, 2.24) is 15.8 Å². The summed E-state index contributed by atoms with van der Waals surface area (Å²) in [6.45, 7) is 3.62. The second-order valence-corrected chi connectivity index (χ2v) is 4.48. The molecular formula is C15H17N3O4. The number of nitrogens with zero attached hydrogens (tertiary/aromatic N) is 1. The van der Waals surface area contributed by atoms with Crippen LogP contribution in [0.3, 0.4) is 0 Å². The number of fused-ring (bicyclic) bond motifs is 1. The summed E-state index contributed by atoms with van der Waals surface area (Å²) in [5, 5.41) is 0.770. The zero-order valence-corrected chi connectivity index (χ0v) is 12.6. The third-order valence-corrected chi connectivity index (χ3v) is 3.01. The summed E-state index contributed by atoms with van der Waals surface area (Å²) < 4.78 is 9.82. The molecule has 2 N–H and O–H groups in total. The Hall–Kier alpha value is -2.83. The fourth-order valence-corrected chi connectivity index (χ4v) is 1.95. The minimum Gasteiger partial charge on any atom is -0.497 e. The van der Waals surface area contributed by atoms with E-state index in [1.807, 2.05) is 6.07 Å². The van der Waals surface area contributed by atoms with Gasteiger partial charge in [0.1, 0.15) is 5.75 Å². The van der Waals surface area contributed by atoms with Gasteiger partial charge in [0.2, 0.25) is 0 Å². The number of hydrogen-bond acceptors (Lipinski definition) is 5. The highest BCUT2D eigenvalue weighted by Gasteiger charge is 2.13. The van der Waals surface area contributed by atoms with Gasteiger partial charge in [-0.05, 0) is 38.1 Å². The quantitative estimate of drug-likeness (QED) is 0.846. The van der Waals surface area contributed by atoms with Gasteiger partial charge in [0, 0.05) is 5.39 Å². The monoisotopic (exact) mass is 303 g/mol. The Morgan fingerprint density at radius 1 is 1.23 bits per heavy atom. The van der Waals surface area contributed by atoms with Gasteiger partial charge in [0.05, 0.1) is 30.5 Å². The predicted octanol–water partition coefficient (Wildman–Crippen LogP) is 1.94. The van der Waals surface area contributed by atoms with Crippen molar-refractivity contribution in [2.45, 2.75) is 13.8 Å². The van der Waals surface area contributed by atoms with Crippen molar-refractivity contribution in [3.05, 3.63) is 35.5 Å². The smallest absolute Gasteiger partial charge is 0.426 e. The first-order valence-electron chi connectivity index (χ1n) is 6.73. The van der Waals surface area contributed by atoms with Gasteiger partial charge < -0.3 is 9.47 Å². The number of aryl methyl sites for hydroxylation is 1. The van der Waals surface area contributed by atoms with Gasteiger partial charge in [-0.2, -0.15) is 0 Å². The topological polar surface area (TPSA) is 89.6 Å². The summed E-state index contributed by atoms with van der Waals surface area (Å²) in [7, 11) is 1.57.